The van der Waals surface area contributed by atoms with Crippen LogP contribution in [0.3, 0.4) is 0 Å². The molecule has 33 heavy (non-hydrogen) atoms. The second kappa shape index (κ2) is 9.44. The van der Waals surface area contributed by atoms with Crippen LogP contribution in [0.2, 0.25) is 0 Å². The van der Waals surface area contributed by atoms with Crippen molar-refractivity contribution in [3.05, 3.63) is 46.0 Å². The molecule has 3 aromatic rings. The average molecular weight is 450 g/mol. The van der Waals surface area contributed by atoms with Gasteiger partial charge in [-0.05, 0) is 37.5 Å². The number of hydrogen-bond acceptors (Lipinski definition) is 8. The van der Waals surface area contributed by atoms with E-state index in [-0.39, 0.29) is 18.2 Å². The molecule has 1 saturated carbocycles. The Balaban J connectivity index is 1.49. The summed E-state index contributed by atoms with van der Waals surface area (Å²) < 4.78 is 7.20. The maximum Gasteiger partial charge on any atom is 0.258 e. The first kappa shape index (κ1) is 21.8. The molecule has 0 radical (unpaired) electrons. The third kappa shape index (κ3) is 4.30. The van der Waals surface area contributed by atoms with E-state index in [1.54, 1.807) is 13.3 Å². The molecule has 2 aliphatic rings. The fraction of sp³-hybridized carbons (Fsp3) is 0.500. The Morgan fingerprint density at radius 3 is 2.64 bits per heavy atom. The lowest BCUT2D eigenvalue weighted by Crippen LogP contribution is -2.43. The first-order chi connectivity index (χ1) is 16.2. The van der Waals surface area contributed by atoms with Gasteiger partial charge in [0, 0.05) is 56.5 Å². The largest absolute Gasteiger partial charge is 0.380 e. The number of nitrogens with one attached hydrogen (secondary N) is 2. The molecule has 1 aliphatic carbocycles. The molecule has 0 unspecified atom stereocenters. The number of anilines is 3. The Labute approximate surface area is 193 Å². The highest BCUT2D eigenvalue weighted by atomic mass is 16.5. The van der Waals surface area contributed by atoms with Crippen LogP contribution in [0, 0.1) is 6.92 Å². The van der Waals surface area contributed by atoms with E-state index in [9.17, 15) is 4.79 Å². The molecule has 174 valence electrons. The van der Waals surface area contributed by atoms with Gasteiger partial charge in [-0.25, -0.2) is 9.97 Å². The summed E-state index contributed by atoms with van der Waals surface area (Å²) in [6.45, 7) is 6.16. The van der Waals surface area contributed by atoms with Crippen LogP contribution in [0.25, 0.3) is 11.0 Å². The van der Waals surface area contributed by atoms with E-state index < -0.39 is 0 Å². The summed E-state index contributed by atoms with van der Waals surface area (Å²) in [5, 5.41) is 7.47. The molecule has 4 heterocycles. The van der Waals surface area contributed by atoms with Gasteiger partial charge in [0.05, 0.1) is 18.5 Å². The summed E-state index contributed by atoms with van der Waals surface area (Å²) in [5.41, 5.74) is 3.36. The Morgan fingerprint density at radius 2 is 1.94 bits per heavy atom. The lowest BCUT2D eigenvalue weighted by molar-refractivity contribution is 0.182. The first-order valence-electron chi connectivity index (χ1n) is 11.7. The Hall–Kier alpha value is -3.04. The molecule has 0 spiro atoms. The van der Waals surface area contributed by atoms with Gasteiger partial charge in [-0.2, -0.15) is 4.98 Å². The number of ether oxygens (including phenoxy) is 1. The lowest BCUT2D eigenvalue weighted by Gasteiger charge is -2.29. The van der Waals surface area contributed by atoms with E-state index in [1.165, 1.54) is 0 Å². The van der Waals surface area contributed by atoms with Gasteiger partial charge in [0.2, 0.25) is 5.95 Å². The molecular weight excluding hydrogens is 418 g/mol. The van der Waals surface area contributed by atoms with E-state index in [0.29, 0.717) is 23.0 Å². The van der Waals surface area contributed by atoms with Gasteiger partial charge < -0.3 is 20.3 Å². The summed E-state index contributed by atoms with van der Waals surface area (Å²) in [4.78, 5) is 29.6. The molecule has 1 aliphatic heterocycles. The number of hydrogen-bond donors (Lipinski definition) is 2. The fourth-order valence-electron chi connectivity index (χ4n) is 4.95. The highest BCUT2D eigenvalue weighted by Gasteiger charge is 2.24. The molecule has 2 fully saturated rings. The van der Waals surface area contributed by atoms with Crippen LogP contribution in [0.15, 0.2) is 29.3 Å². The minimum Gasteiger partial charge on any atom is -0.380 e. The second-order valence-electron chi connectivity index (χ2n) is 8.84. The Bertz CT molecular complexity index is 1180. The van der Waals surface area contributed by atoms with Crippen molar-refractivity contribution < 1.29 is 4.74 Å². The number of rotatable bonds is 6. The highest BCUT2D eigenvalue weighted by Crippen LogP contribution is 2.32. The number of nitrogens with zero attached hydrogens (tertiary/aromatic N) is 5. The van der Waals surface area contributed by atoms with Gasteiger partial charge >= 0.3 is 0 Å². The number of aryl methyl sites for hydroxylation is 1. The molecule has 9 heteroatoms. The number of methoxy groups -OCH3 is 1. The first-order valence-corrected chi connectivity index (χ1v) is 11.7. The number of fused-ring (bicyclic) bond motifs is 1. The fourth-order valence-corrected chi connectivity index (χ4v) is 4.95. The topological polar surface area (TPSA) is 97.2 Å². The van der Waals surface area contributed by atoms with Gasteiger partial charge in [0.25, 0.3) is 5.56 Å². The van der Waals surface area contributed by atoms with Crippen molar-refractivity contribution in [2.45, 2.75) is 45.3 Å². The monoisotopic (exact) mass is 449 g/mol. The Morgan fingerprint density at radius 1 is 1.15 bits per heavy atom. The van der Waals surface area contributed by atoms with Crippen LogP contribution in [0.5, 0.6) is 0 Å². The smallest absolute Gasteiger partial charge is 0.258 e. The average Bonchev–Trinajstić information content (AvgIpc) is 3.37. The van der Waals surface area contributed by atoms with Crippen LogP contribution in [-0.4, -0.2) is 52.8 Å². The van der Waals surface area contributed by atoms with Crippen LogP contribution < -0.4 is 21.1 Å². The van der Waals surface area contributed by atoms with E-state index >= 15 is 0 Å². The molecule has 0 bridgehead atoms. The lowest BCUT2D eigenvalue weighted by atomic mass is 10.1. The zero-order valence-corrected chi connectivity index (χ0v) is 19.3. The molecule has 9 nitrogen and oxygen atoms in total. The van der Waals surface area contributed by atoms with Crippen LogP contribution in [0.4, 0.5) is 17.5 Å². The molecule has 2 N–H and O–H groups in total. The van der Waals surface area contributed by atoms with Crippen LogP contribution >= 0.6 is 0 Å². The molecule has 0 atom stereocenters. The Kier molecular flexibility index (Phi) is 6.24. The quantitative estimate of drug-likeness (QED) is 0.593. The minimum atomic E-state index is -0.00287. The summed E-state index contributed by atoms with van der Waals surface area (Å²) >= 11 is 0. The summed E-state index contributed by atoms with van der Waals surface area (Å²) in [5.74, 6) is 1.12. The maximum atomic E-state index is 13.4. The molecule has 5 rings (SSSR count). The zero-order chi connectivity index (χ0) is 22.8. The minimum absolute atomic E-state index is 0.00287. The van der Waals surface area contributed by atoms with E-state index in [0.717, 1.165) is 68.5 Å². The van der Waals surface area contributed by atoms with E-state index in [1.807, 2.05) is 23.8 Å². The molecular formula is C24H31N7O2. The van der Waals surface area contributed by atoms with Crippen molar-refractivity contribution in [3.8, 4) is 0 Å². The molecule has 3 aromatic heterocycles. The van der Waals surface area contributed by atoms with Crippen molar-refractivity contribution >= 4 is 28.5 Å². The number of aromatic nitrogens is 4. The zero-order valence-electron chi connectivity index (χ0n) is 19.3. The van der Waals surface area contributed by atoms with Gasteiger partial charge in [-0.15, -0.1) is 0 Å². The van der Waals surface area contributed by atoms with Gasteiger partial charge in [0.1, 0.15) is 11.5 Å². The third-order valence-corrected chi connectivity index (χ3v) is 6.78. The summed E-state index contributed by atoms with van der Waals surface area (Å²) in [6, 6.07) is 4.18. The molecule has 1 saturated heterocycles. The SMILES string of the molecule is COCc1c(C)c2cnc(Nc3ccc(N4CCNCC4)cn3)nc2n(C2CCCC2)c1=O. The highest BCUT2D eigenvalue weighted by molar-refractivity contribution is 5.80. The molecule has 0 aromatic carbocycles. The van der Waals surface area contributed by atoms with Crippen molar-refractivity contribution in [2.24, 2.45) is 0 Å². The summed E-state index contributed by atoms with van der Waals surface area (Å²) in [6.07, 6.45) is 7.93. The second-order valence-corrected chi connectivity index (χ2v) is 8.84. The van der Waals surface area contributed by atoms with Crippen LogP contribution in [0.1, 0.15) is 42.9 Å². The predicted molar refractivity (Wildman–Crippen MR) is 129 cm³/mol. The predicted octanol–water partition coefficient (Wildman–Crippen LogP) is 2.91. The third-order valence-electron chi connectivity index (χ3n) is 6.78. The molecule has 0 amide bonds. The van der Waals surface area contributed by atoms with Crippen molar-refractivity contribution in [1.29, 1.82) is 0 Å². The van der Waals surface area contributed by atoms with Crippen molar-refractivity contribution in [1.82, 2.24) is 24.8 Å². The normalized spacial score (nSPS) is 17.1. The van der Waals surface area contributed by atoms with E-state index in [4.69, 9.17) is 9.72 Å². The van der Waals surface area contributed by atoms with Gasteiger partial charge in [-0.3, -0.25) is 9.36 Å². The maximum absolute atomic E-state index is 13.4. The van der Waals surface area contributed by atoms with Crippen LogP contribution in [-0.2, 0) is 11.3 Å². The van der Waals surface area contributed by atoms with Gasteiger partial charge in [0.15, 0.2) is 0 Å². The van der Waals surface area contributed by atoms with E-state index in [2.05, 4.69) is 31.6 Å². The number of piperazine rings is 1. The van der Waals surface area contributed by atoms with Crippen molar-refractivity contribution in [2.75, 3.05) is 43.5 Å². The summed E-state index contributed by atoms with van der Waals surface area (Å²) in [7, 11) is 1.62. The standard InChI is InChI=1S/C24H31N7O2/c1-16-19-14-27-24(28-21-8-7-18(13-26-21)30-11-9-25-10-12-30)29-22(19)31(17-5-3-4-6-17)23(32)20(16)15-33-2/h7-8,13-14,17,25H,3-6,9-12,15H2,1-2H3,(H,26,27,28,29). The van der Waals surface area contributed by atoms with Crippen molar-refractivity contribution in [3.63, 3.8) is 0 Å². The number of pyridine rings is 2. The van der Waals surface area contributed by atoms with Gasteiger partial charge in [-0.1, -0.05) is 12.8 Å².